The van der Waals surface area contributed by atoms with Crippen molar-refractivity contribution >= 4 is 7.67 Å². The third-order valence-corrected chi connectivity index (χ3v) is 5.03. The number of aryl methyl sites for hydroxylation is 2. The maximum Gasteiger partial charge on any atom is 0.394 e. The summed E-state index contributed by atoms with van der Waals surface area (Å²) in [6, 6.07) is 5.90. The Hall–Kier alpha value is -0.830. The second-order valence-electron chi connectivity index (χ2n) is 4.55. The van der Waals surface area contributed by atoms with Gasteiger partial charge in [0.25, 0.3) is 0 Å². The van der Waals surface area contributed by atoms with Crippen LogP contribution in [-0.2, 0) is 4.57 Å². The van der Waals surface area contributed by atoms with Gasteiger partial charge < -0.3 is 4.52 Å². The van der Waals surface area contributed by atoms with E-state index < -0.39 is 7.67 Å². The molecule has 0 amide bonds. The lowest BCUT2D eigenvalue weighted by Crippen LogP contribution is -2.24. The van der Waals surface area contributed by atoms with E-state index in [4.69, 9.17) is 4.52 Å². The zero-order valence-electron chi connectivity index (χ0n) is 11.4. The minimum Gasteiger partial charge on any atom is -0.422 e. The van der Waals surface area contributed by atoms with E-state index in [0.717, 1.165) is 11.1 Å². The Balaban J connectivity index is 3.11. The fourth-order valence-corrected chi connectivity index (χ4v) is 2.95. The average molecular weight is 256 g/mol. The van der Waals surface area contributed by atoms with Crippen LogP contribution in [0.4, 0.5) is 0 Å². The molecule has 0 unspecified atom stereocenters. The van der Waals surface area contributed by atoms with Crippen molar-refractivity contribution in [2.45, 2.75) is 13.8 Å². The molecule has 1 rings (SSSR count). The standard InChI is InChI=1S/C12H21N2O2P/c1-10-7-8-11(2)12(9-10)16-17(15,13(3)4)14(5)6/h7-9H,1-6H3. The third kappa shape index (κ3) is 3.09. The van der Waals surface area contributed by atoms with E-state index >= 15 is 0 Å². The van der Waals surface area contributed by atoms with E-state index in [0.29, 0.717) is 5.75 Å². The molecule has 5 heteroatoms. The van der Waals surface area contributed by atoms with E-state index in [2.05, 4.69) is 0 Å². The van der Waals surface area contributed by atoms with E-state index in [1.807, 2.05) is 32.0 Å². The van der Waals surface area contributed by atoms with Crippen LogP contribution in [0.1, 0.15) is 11.1 Å². The van der Waals surface area contributed by atoms with Crippen LogP contribution in [-0.4, -0.2) is 37.5 Å². The van der Waals surface area contributed by atoms with E-state index in [1.165, 1.54) is 0 Å². The van der Waals surface area contributed by atoms with Gasteiger partial charge in [0, 0.05) is 0 Å². The first kappa shape index (κ1) is 14.2. The van der Waals surface area contributed by atoms with Crippen LogP contribution in [0.3, 0.4) is 0 Å². The average Bonchev–Trinajstić information content (AvgIpc) is 2.22. The summed E-state index contributed by atoms with van der Waals surface area (Å²) in [6.07, 6.45) is 0. The Morgan fingerprint density at radius 2 is 1.59 bits per heavy atom. The molecule has 1 aromatic rings. The molecule has 0 aliphatic carbocycles. The maximum atomic E-state index is 12.7. The van der Waals surface area contributed by atoms with Crippen molar-refractivity contribution in [1.29, 1.82) is 0 Å². The van der Waals surface area contributed by atoms with Gasteiger partial charge in [-0.25, -0.2) is 13.9 Å². The smallest absolute Gasteiger partial charge is 0.394 e. The Morgan fingerprint density at radius 1 is 1.06 bits per heavy atom. The van der Waals surface area contributed by atoms with Crippen LogP contribution in [0.15, 0.2) is 18.2 Å². The van der Waals surface area contributed by atoms with Gasteiger partial charge in [0.2, 0.25) is 0 Å². The predicted octanol–water partition coefficient (Wildman–Crippen LogP) is 2.91. The van der Waals surface area contributed by atoms with Crippen molar-refractivity contribution < 1.29 is 9.09 Å². The van der Waals surface area contributed by atoms with Crippen molar-refractivity contribution in [3.8, 4) is 5.75 Å². The molecule has 0 saturated carbocycles. The summed E-state index contributed by atoms with van der Waals surface area (Å²) < 4.78 is 21.7. The van der Waals surface area contributed by atoms with E-state index in [-0.39, 0.29) is 0 Å². The summed E-state index contributed by atoms with van der Waals surface area (Å²) >= 11 is 0. The quantitative estimate of drug-likeness (QED) is 0.775. The summed E-state index contributed by atoms with van der Waals surface area (Å²) in [5.41, 5.74) is 2.08. The lowest BCUT2D eigenvalue weighted by Gasteiger charge is -2.30. The van der Waals surface area contributed by atoms with Gasteiger partial charge in [0.05, 0.1) is 0 Å². The number of hydrogen-bond donors (Lipinski definition) is 0. The van der Waals surface area contributed by atoms with Gasteiger partial charge in [-0.2, -0.15) is 0 Å². The van der Waals surface area contributed by atoms with Crippen LogP contribution in [0, 0.1) is 13.8 Å². The first-order valence-electron chi connectivity index (χ1n) is 5.50. The van der Waals surface area contributed by atoms with Crippen LogP contribution in [0.2, 0.25) is 0 Å². The van der Waals surface area contributed by atoms with E-state index in [1.54, 1.807) is 37.5 Å². The highest BCUT2D eigenvalue weighted by molar-refractivity contribution is 7.54. The van der Waals surface area contributed by atoms with E-state index in [9.17, 15) is 4.57 Å². The van der Waals surface area contributed by atoms with Gasteiger partial charge in [0.15, 0.2) is 0 Å². The Morgan fingerprint density at radius 3 is 2.06 bits per heavy atom. The predicted molar refractivity (Wildman–Crippen MR) is 71.5 cm³/mol. The second kappa shape index (κ2) is 5.21. The molecule has 17 heavy (non-hydrogen) atoms. The minimum absolute atomic E-state index is 0.677. The molecule has 0 aliphatic heterocycles. The monoisotopic (exact) mass is 256 g/mol. The summed E-state index contributed by atoms with van der Waals surface area (Å²) in [5, 5.41) is 0. The molecule has 0 saturated heterocycles. The normalized spacial score (nSPS) is 12.2. The minimum atomic E-state index is -2.97. The fraction of sp³-hybridized carbons (Fsp3) is 0.500. The van der Waals surface area contributed by atoms with Gasteiger partial charge in [-0.1, -0.05) is 12.1 Å². The largest absolute Gasteiger partial charge is 0.422 e. The van der Waals surface area contributed by atoms with Crippen molar-refractivity contribution in [2.75, 3.05) is 28.2 Å². The summed E-state index contributed by atoms with van der Waals surface area (Å²) in [7, 11) is 4.06. The number of benzene rings is 1. The van der Waals surface area contributed by atoms with Crippen molar-refractivity contribution in [3.05, 3.63) is 29.3 Å². The van der Waals surface area contributed by atoms with Crippen LogP contribution >= 0.6 is 7.67 Å². The molecule has 0 aromatic heterocycles. The molecule has 96 valence electrons. The van der Waals surface area contributed by atoms with Crippen LogP contribution in [0.25, 0.3) is 0 Å². The zero-order chi connectivity index (χ0) is 13.2. The summed E-state index contributed by atoms with van der Waals surface area (Å²) in [4.78, 5) is 0. The SMILES string of the molecule is Cc1ccc(C)c(OP(=O)(N(C)C)N(C)C)c1. The number of rotatable bonds is 4. The molecule has 0 N–H and O–H groups in total. The molecule has 4 nitrogen and oxygen atoms in total. The molecular formula is C12H21N2O2P. The van der Waals surface area contributed by atoms with Gasteiger partial charge in [0.1, 0.15) is 5.75 Å². The number of nitrogens with zero attached hydrogens (tertiary/aromatic N) is 2. The Labute approximate surface area is 104 Å². The van der Waals surface area contributed by atoms with Crippen LogP contribution in [0.5, 0.6) is 5.75 Å². The third-order valence-electron chi connectivity index (χ3n) is 2.57. The summed E-state index contributed by atoms with van der Waals surface area (Å²) in [5.74, 6) is 0.677. The van der Waals surface area contributed by atoms with Gasteiger partial charge >= 0.3 is 7.67 Å². The molecule has 0 atom stereocenters. The van der Waals surface area contributed by atoms with Gasteiger partial charge in [-0.15, -0.1) is 0 Å². The first-order valence-corrected chi connectivity index (χ1v) is 7.03. The molecule has 0 bridgehead atoms. The van der Waals surface area contributed by atoms with Crippen LogP contribution < -0.4 is 4.52 Å². The molecule has 1 aromatic carbocycles. The Kier molecular flexibility index (Phi) is 4.36. The van der Waals surface area contributed by atoms with Gasteiger partial charge in [-0.3, -0.25) is 0 Å². The lowest BCUT2D eigenvalue weighted by atomic mass is 10.1. The highest BCUT2D eigenvalue weighted by Gasteiger charge is 2.31. The molecular weight excluding hydrogens is 235 g/mol. The highest BCUT2D eigenvalue weighted by Crippen LogP contribution is 2.51. The first-order chi connectivity index (χ1) is 7.77. The molecule has 0 radical (unpaired) electrons. The second-order valence-corrected chi connectivity index (χ2v) is 7.31. The molecule has 0 aliphatic rings. The Bertz CT molecular complexity index is 432. The maximum absolute atomic E-state index is 12.7. The molecule has 0 fully saturated rings. The highest BCUT2D eigenvalue weighted by atomic mass is 31.2. The molecule has 0 heterocycles. The lowest BCUT2D eigenvalue weighted by molar-refractivity contribution is 0.353. The van der Waals surface area contributed by atoms with Gasteiger partial charge in [-0.05, 0) is 59.2 Å². The molecule has 0 spiro atoms. The van der Waals surface area contributed by atoms with Crippen molar-refractivity contribution in [1.82, 2.24) is 9.34 Å². The topological polar surface area (TPSA) is 32.8 Å². The van der Waals surface area contributed by atoms with Crippen molar-refractivity contribution in [3.63, 3.8) is 0 Å². The van der Waals surface area contributed by atoms with Crippen molar-refractivity contribution in [2.24, 2.45) is 0 Å². The fourth-order valence-electron chi connectivity index (χ4n) is 1.45. The zero-order valence-corrected chi connectivity index (χ0v) is 12.3. The number of hydrogen-bond acceptors (Lipinski definition) is 2. The summed E-state index contributed by atoms with van der Waals surface area (Å²) in [6.45, 7) is 3.94.